The molecular formula is C45H83N6O5+. The maximum atomic E-state index is 14.1. The fourth-order valence-electron chi connectivity index (χ4n) is 10.7. The van der Waals surface area contributed by atoms with Crippen LogP contribution in [0.2, 0.25) is 0 Å². The summed E-state index contributed by atoms with van der Waals surface area (Å²) >= 11 is 0. The molecule has 0 aromatic heterocycles. The molecule has 7 N–H and O–H groups in total. The molecule has 5 aliphatic rings. The molecule has 0 bridgehead atoms. The lowest BCUT2D eigenvalue weighted by molar-refractivity contribution is -0.985. The van der Waals surface area contributed by atoms with Gasteiger partial charge in [-0.05, 0) is 90.6 Å². The zero-order chi connectivity index (χ0) is 39.6. The molecule has 0 radical (unpaired) electrons. The third-order valence-electron chi connectivity index (χ3n) is 13.7. The number of unbranched alkanes of at least 4 members (excludes halogenated alkanes) is 13. The largest absolute Gasteiger partial charge is 0.465 e. The average molecular weight is 788 g/mol. The average Bonchev–Trinajstić information content (AvgIpc) is 3.49. The number of carbonyl (C=O) groups excluding carboxylic acids is 2. The van der Waals surface area contributed by atoms with Crippen molar-refractivity contribution in [2.24, 2.45) is 17.4 Å². The van der Waals surface area contributed by atoms with Gasteiger partial charge in [-0.2, -0.15) is 0 Å². The van der Waals surface area contributed by atoms with Crippen molar-refractivity contribution in [2.75, 3.05) is 32.8 Å². The first-order chi connectivity index (χ1) is 27.3. The van der Waals surface area contributed by atoms with Crippen molar-refractivity contribution in [3.8, 4) is 0 Å². The Morgan fingerprint density at radius 3 is 2.18 bits per heavy atom. The molecular weight excluding hydrogens is 705 g/mol. The van der Waals surface area contributed by atoms with Crippen molar-refractivity contribution in [3.05, 3.63) is 12.2 Å². The van der Waals surface area contributed by atoms with E-state index < -0.39 is 5.72 Å². The molecule has 11 heteroatoms. The Morgan fingerprint density at radius 1 is 0.821 bits per heavy atom. The van der Waals surface area contributed by atoms with Crippen molar-refractivity contribution < 1.29 is 28.7 Å². The lowest BCUT2D eigenvalue weighted by Crippen LogP contribution is -3.29. The maximum absolute atomic E-state index is 14.1. The zero-order valence-corrected chi connectivity index (χ0v) is 35.7. The van der Waals surface area contributed by atoms with E-state index in [1.54, 1.807) is 0 Å². The summed E-state index contributed by atoms with van der Waals surface area (Å²) in [6.07, 6.45) is 32.9. The van der Waals surface area contributed by atoms with Crippen LogP contribution in [0.5, 0.6) is 0 Å². The lowest BCUT2D eigenvalue weighted by Gasteiger charge is -2.58. The molecule has 5 aliphatic heterocycles. The van der Waals surface area contributed by atoms with E-state index in [1.165, 1.54) is 62.7 Å². The van der Waals surface area contributed by atoms with Crippen LogP contribution in [-0.2, 0) is 23.8 Å². The minimum atomic E-state index is -0.696. The van der Waals surface area contributed by atoms with E-state index in [9.17, 15) is 9.59 Å². The van der Waals surface area contributed by atoms with E-state index in [0.29, 0.717) is 32.2 Å². The van der Waals surface area contributed by atoms with Gasteiger partial charge in [0.25, 0.3) is 0 Å². The van der Waals surface area contributed by atoms with Gasteiger partial charge in [-0.25, -0.2) is 10.6 Å². The summed E-state index contributed by atoms with van der Waals surface area (Å²) in [4.78, 5) is 30.2. The number of esters is 1. The number of quaternary nitrogens is 1. The van der Waals surface area contributed by atoms with Crippen molar-refractivity contribution in [1.82, 2.24) is 15.5 Å². The third kappa shape index (κ3) is 12.9. The molecule has 2 unspecified atom stereocenters. The first kappa shape index (κ1) is 45.5. The number of nitrogens with one attached hydrogen (secondary N) is 3. The summed E-state index contributed by atoms with van der Waals surface area (Å²) < 4.78 is 19.8. The summed E-state index contributed by atoms with van der Waals surface area (Å²) in [6.45, 7) is 7.77. The van der Waals surface area contributed by atoms with Gasteiger partial charge >= 0.3 is 5.97 Å². The van der Waals surface area contributed by atoms with Crippen LogP contribution in [0.4, 0.5) is 0 Å². The summed E-state index contributed by atoms with van der Waals surface area (Å²) in [7, 11) is 0. The fourth-order valence-corrected chi connectivity index (χ4v) is 10.7. The predicted molar refractivity (Wildman–Crippen MR) is 223 cm³/mol. The number of hydrogen-bond acceptors (Lipinski definition) is 9. The number of nitrogens with zero attached hydrogens (tertiary/aromatic N) is 1. The highest BCUT2D eigenvalue weighted by atomic mass is 16.6. The minimum Gasteiger partial charge on any atom is -0.465 e. The number of carbonyl (C=O) groups is 2. The molecule has 56 heavy (non-hydrogen) atoms. The van der Waals surface area contributed by atoms with E-state index in [4.69, 9.17) is 25.7 Å². The Labute approximate surface area is 340 Å². The SMILES string of the molecule is CC[C@@H]1C=CCC[C@]2(C[C@H]3CC[C@H]4[C@@H](C(=O)OCCCCCCCCCCCCCCCC(=O)N(CCCN)CCCCN)[C@@]5(CCC[C@H](C)O5)NC(N2)[NH+]34)O1. The van der Waals surface area contributed by atoms with Gasteiger partial charge in [0.1, 0.15) is 17.5 Å². The topological polar surface area (TPSA) is 146 Å². The molecule has 5 rings (SSSR count). The molecule has 322 valence electrons. The second-order valence-electron chi connectivity index (χ2n) is 18.1. The zero-order valence-electron chi connectivity index (χ0n) is 35.7. The number of rotatable bonds is 25. The second kappa shape index (κ2) is 23.9. The molecule has 11 nitrogen and oxygen atoms in total. The van der Waals surface area contributed by atoms with Crippen LogP contribution in [0.15, 0.2) is 12.2 Å². The molecule has 0 aromatic carbocycles. The second-order valence-corrected chi connectivity index (χ2v) is 18.1. The molecule has 0 aliphatic carbocycles. The quantitative estimate of drug-likeness (QED) is 0.0431. The third-order valence-corrected chi connectivity index (χ3v) is 13.7. The van der Waals surface area contributed by atoms with Crippen LogP contribution >= 0.6 is 0 Å². The smallest absolute Gasteiger partial charge is 0.319 e. The van der Waals surface area contributed by atoms with Crippen LogP contribution in [0, 0.1) is 5.92 Å². The number of amides is 1. The molecule has 0 aromatic rings. The van der Waals surface area contributed by atoms with Crippen molar-refractivity contribution in [2.45, 2.75) is 223 Å². The van der Waals surface area contributed by atoms with Crippen LogP contribution in [0.25, 0.3) is 0 Å². The highest BCUT2D eigenvalue weighted by molar-refractivity contribution is 5.76. The van der Waals surface area contributed by atoms with Gasteiger partial charge < -0.3 is 35.5 Å². The highest BCUT2D eigenvalue weighted by Crippen LogP contribution is 2.42. The standard InChI is InChI=1S/C45H82N6O5/c1-3-38-24-16-17-28-44(56-38)35-37-26-27-39-41(45(29-21-23-36(2)55-45)49-43(48-44)51(37)39)42(53)54-34-20-14-12-10-8-6-4-5-7-9-11-13-15-25-40(52)50(33-22-31-47)32-19-18-30-46/h16,24,36-39,41,43,48-49H,3-15,17-23,25-35,46-47H2,1-2H3/p+1/t36-,37+,38+,39-,41-,43?,44+,45-/m0/s1. The summed E-state index contributed by atoms with van der Waals surface area (Å²) in [5.41, 5.74) is 10.3. The number of hydrogen-bond donors (Lipinski definition) is 5. The van der Waals surface area contributed by atoms with Crippen molar-refractivity contribution >= 4 is 11.9 Å². The Hall–Kier alpha value is -1.60. The number of nitrogens with two attached hydrogens (primary N) is 2. The van der Waals surface area contributed by atoms with Gasteiger partial charge in [0, 0.05) is 38.8 Å². The number of ether oxygens (including phenoxy) is 3. The molecule has 9 atom stereocenters. The Morgan fingerprint density at radius 2 is 1.50 bits per heavy atom. The monoisotopic (exact) mass is 788 g/mol. The van der Waals surface area contributed by atoms with Gasteiger partial charge in [-0.1, -0.05) is 89.7 Å². The van der Waals surface area contributed by atoms with Crippen LogP contribution in [0.1, 0.15) is 181 Å². The normalized spacial score (nSPS) is 32.4. The van der Waals surface area contributed by atoms with Gasteiger partial charge in [0.2, 0.25) is 12.2 Å². The van der Waals surface area contributed by atoms with E-state index in [2.05, 4.69) is 36.6 Å². The van der Waals surface area contributed by atoms with E-state index in [0.717, 1.165) is 116 Å². The molecule has 5 heterocycles. The first-order valence-corrected chi connectivity index (χ1v) is 23.6. The van der Waals surface area contributed by atoms with E-state index in [-0.39, 0.29) is 48.1 Å². The minimum absolute atomic E-state index is 0.000195. The van der Waals surface area contributed by atoms with Crippen molar-refractivity contribution in [1.29, 1.82) is 0 Å². The Balaban J connectivity index is 0.933. The highest BCUT2D eigenvalue weighted by Gasteiger charge is 2.66. The van der Waals surface area contributed by atoms with E-state index in [1.807, 2.05) is 4.90 Å². The summed E-state index contributed by atoms with van der Waals surface area (Å²) in [5, 5.41) is 7.92. The predicted octanol–water partition coefficient (Wildman–Crippen LogP) is 5.95. The summed E-state index contributed by atoms with van der Waals surface area (Å²) in [5.74, 6) is -0.0632. The molecule has 4 saturated heterocycles. The van der Waals surface area contributed by atoms with Gasteiger partial charge in [0.15, 0.2) is 5.92 Å². The Bertz CT molecular complexity index is 1190. The molecule has 1 amide bonds. The van der Waals surface area contributed by atoms with Crippen LogP contribution in [-0.4, -0.2) is 91.6 Å². The van der Waals surface area contributed by atoms with Crippen LogP contribution in [0.3, 0.4) is 0 Å². The Kier molecular flexibility index (Phi) is 19.4. The molecule has 2 spiro atoms. The fraction of sp³-hybridized carbons (Fsp3) is 0.911. The number of allylic oxidation sites excluding steroid dienone is 1. The van der Waals surface area contributed by atoms with Gasteiger partial charge in [-0.3, -0.25) is 9.59 Å². The first-order valence-electron chi connectivity index (χ1n) is 23.6. The maximum Gasteiger partial charge on any atom is 0.319 e. The lowest BCUT2D eigenvalue weighted by atomic mass is 9.79. The molecule has 0 saturated carbocycles. The summed E-state index contributed by atoms with van der Waals surface area (Å²) in [6, 6.07) is 0.646. The van der Waals surface area contributed by atoms with E-state index >= 15 is 0 Å². The van der Waals surface area contributed by atoms with Gasteiger partial charge in [0.05, 0.1) is 24.9 Å². The van der Waals surface area contributed by atoms with Gasteiger partial charge in [-0.15, -0.1) is 0 Å². The van der Waals surface area contributed by atoms with Crippen LogP contribution < -0.4 is 27.0 Å². The van der Waals surface area contributed by atoms with Crippen molar-refractivity contribution in [3.63, 3.8) is 0 Å². The molecule has 4 fully saturated rings.